The Morgan fingerprint density at radius 3 is 1.86 bits per heavy atom. The normalized spacial score (nSPS) is 17.0. The van der Waals surface area contributed by atoms with E-state index in [4.69, 9.17) is 4.74 Å². The molecule has 0 aromatic carbocycles. The molecular formula is C6H11Cl3NO3P. The number of carbonyl (C=O) groups excluding carboxylic acids is 1. The zero-order valence-electron chi connectivity index (χ0n) is 7.58. The predicted molar refractivity (Wildman–Crippen MR) is 58.2 cm³/mol. The Morgan fingerprint density at radius 1 is 1.29 bits per heavy atom. The van der Waals surface area contributed by atoms with Crippen molar-refractivity contribution in [3.63, 3.8) is 0 Å². The van der Waals surface area contributed by atoms with Gasteiger partial charge in [-0.2, -0.15) is 0 Å². The Bertz CT molecular complexity index is 218. The van der Waals surface area contributed by atoms with Crippen LogP contribution < -0.4 is 0 Å². The highest BCUT2D eigenvalue weighted by Gasteiger charge is 2.11. The van der Waals surface area contributed by atoms with Gasteiger partial charge in [-0.15, -0.1) is 0 Å². The van der Waals surface area contributed by atoms with Crippen LogP contribution >= 0.6 is 38.9 Å². The van der Waals surface area contributed by atoms with Crippen LogP contribution in [0.5, 0.6) is 0 Å². The Morgan fingerprint density at radius 2 is 1.64 bits per heavy atom. The molecule has 4 nitrogen and oxygen atoms in total. The molecule has 8 heteroatoms. The van der Waals surface area contributed by atoms with Crippen molar-refractivity contribution in [3.05, 3.63) is 0 Å². The summed E-state index contributed by atoms with van der Waals surface area (Å²) < 4.78 is 14.6. The molecule has 1 rings (SSSR count). The Balaban J connectivity index is 0.000000292. The van der Waals surface area contributed by atoms with Gasteiger partial charge in [-0.1, -0.05) is 0 Å². The molecule has 1 fully saturated rings. The number of hydrogen-bond donors (Lipinski definition) is 0. The minimum Gasteiger partial charge on any atom is -0.378 e. The van der Waals surface area contributed by atoms with Gasteiger partial charge in [-0.05, 0) is 33.7 Å². The van der Waals surface area contributed by atoms with Crippen molar-refractivity contribution < 1.29 is 14.1 Å². The number of nitrogens with zero attached hydrogens (tertiary/aromatic N) is 1. The lowest BCUT2D eigenvalue weighted by molar-refractivity contribution is -0.132. The highest BCUT2D eigenvalue weighted by molar-refractivity contribution is 8.24. The summed E-state index contributed by atoms with van der Waals surface area (Å²) in [4.78, 5) is 12.5. The first-order chi connectivity index (χ1) is 6.30. The highest BCUT2D eigenvalue weighted by atomic mass is 36.0. The van der Waals surface area contributed by atoms with Gasteiger partial charge in [0.2, 0.25) is 5.91 Å². The first kappa shape index (κ1) is 14.5. The molecule has 0 unspecified atom stereocenters. The molecule has 0 radical (unpaired) electrons. The molecule has 1 amide bonds. The fraction of sp³-hybridized carbons (Fsp3) is 0.833. The summed E-state index contributed by atoms with van der Waals surface area (Å²) >= 11 is 13.8. The van der Waals surface area contributed by atoms with Crippen molar-refractivity contribution in [1.82, 2.24) is 4.90 Å². The monoisotopic (exact) mass is 281 g/mol. The molecule has 0 aliphatic carbocycles. The van der Waals surface area contributed by atoms with Crippen molar-refractivity contribution >= 4 is 44.8 Å². The summed E-state index contributed by atoms with van der Waals surface area (Å²) in [5.74, 6) is 0.151. The van der Waals surface area contributed by atoms with E-state index in [1.807, 2.05) is 0 Å². The maximum atomic E-state index is 10.7. The van der Waals surface area contributed by atoms with Gasteiger partial charge < -0.3 is 9.64 Å². The molecule has 0 bridgehead atoms. The zero-order chi connectivity index (χ0) is 11.2. The minimum absolute atomic E-state index is 0.151. The largest absolute Gasteiger partial charge is 0.378 e. The topological polar surface area (TPSA) is 46.6 Å². The fourth-order valence-electron chi connectivity index (χ4n) is 0.878. The molecule has 0 aromatic heterocycles. The van der Waals surface area contributed by atoms with E-state index in [1.54, 1.807) is 11.8 Å². The average molecular weight is 282 g/mol. The SMILES string of the molecule is CC(=O)N1CCOCC1.O=P(Cl)(Cl)Cl. The molecule has 0 aromatic rings. The van der Waals surface area contributed by atoms with Crippen LogP contribution in [0.2, 0.25) is 0 Å². The third-order valence-corrected chi connectivity index (χ3v) is 1.46. The first-order valence-electron chi connectivity index (χ1n) is 3.83. The van der Waals surface area contributed by atoms with Gasteiger partial charge in [0.25, 0.3) is 0 Å². The van der Waals surface area contributed by atoms with Gasteiger partial charge in [-0.3, -0.25) is 9.36 Å². The van der Waals surface area contributed by atoms with E-state index in [-0.39, 0.29) is 5.91 Å². The molecule has 0 spiro atoms. The van der Waals surface area contributed by atoms with Gasteiger partial charge in [0, 0.05) is 20.0 Å². The van der Waals surface area contributed by atoms with Gasteiger partial charge in [0.15, 0.2) is 0 Å². The molecule has 0 saturated carbocycles. The van der Waals surface area contributed by atoms with E-state index in [0.29, 0.717) is 13.2 Å². The summed E-state index contributed by atoms with van der Waals surface area (Å²) in [6.45, 7) is 4.50. The molecule has 0 N–H and O–H groups in total. The van der Waals surface area contributed by atoms with Crippen LogP contribution in [0.1, 0.15) is 6.92 Å². The van der Waals surface area contributed by atoms with E-state index >= 15 is 0 Å². The third-order valence-electron chi connectivity index (χ3n) is 1.46. The van der Waals surface area contributed by atoms with Gasteiger partial charge in [0.1, 0.15) is 0 Å². The number of ether oxygens (including phenoxy) is 1. The lowest BCUT2D eigenvalue weighted by atomic mass is 10.4. The van der Waals surface area contributed by atoms with E-state index in [2.05, 4.69) is 33.7 Å². The average Bonchev–Trinajstić information content (AvgIpc) is 2.03. The second-order valence-corrected chi connectivity index (χ2v) is 9.16. The van der Waals surface area contributed by atoms with Crippen LogP contribution in [-0.2, 0) is 14.1 Å². The van der Waals surface area contributed by atoms with E-state index in [0.717, 1.165) is 13.1 Å². The Hall–Kier alpha value is 0.530. The molecule has 0 atom stereocenters. The Labute approximate surface area is 97.2 Å². The van der Waals surface area contributed by atoms with Crippen LogP contribution in [0.3, 0.4) is 0 Å². The predicted octanol–water partition coefficient (Wildman–Crippen LogP) is 2.68. The summed E-state index contributed by atoms with van der Waals surface area (Å²) in [7, 11) is 0. The van der Waals surface area contributed by atoms with Crippen molar-refractivity contribution in [1.29, 1.82) is 0 Å². The van der Waals surface area contributed by atoms with Crippen LogP contribution in [0, 0.1) is 0 Å². The number of hydrogen-bond acceptors (Lipinski definition) is 3. The summed E-state index contributed by atoms with van der Waals surface area (Å²) in [6, 6.07) is 0. The first-order valence-corrected chi connectivity index (χ1v) is 8.25. The van der Waals surface area contributed by atoms with E-state index in [1.165, 1.54) is 0 Å². The molecule has 84 valence electrons. The summed E-state index contributed by atoms with van der Waals surface area (Å²) in [5, 5.41) is -3.22. The number of carbonyl (C=O) groups is 1. The zero-order valence-corrected chi connectivity index (χ0v) is 10.7. The number of amides is 1. The van der Waals surface area contributed by atoms with Gasteiger partial charge >= 0.3 is 5.20 Å². The molecule has 14 heavy (non-hydrogen) atoms. The van der Waals surface area contributed by atoms with Crippen molar-refractivity contribution in [3.8, 4) is 0 Å². The maximum absolute atomic E-state index is 10.7. The smallest absolute Gasteiger partial charge is 0.339 e. The molecule has 1 aliphatic rings. The van der Waals surface area contributed by atoms with Crippen LogP contribution in [-0.4, -0.2) is 37.1 Å². The lowest BCUT2D eigenvalue weighted by Gasteiger charge is -2.25. The lowest BCUT2D eigenvalue weighted by Crippen LogP contribution is -2.39. The van der Waals surface area contributed by atoms with Crippen molar-refractivity contribution in [2.75, 3.05) is 26.3 Å². The maximum Gasteiger partial charge on any atom is 0.339 e. The summed E-state index contributed by atoms with van der Waals surface area (Å²) in [5.41, 5.74) is 0. The Kier molecular flexibility index (Phi) is 7.17. The van der Waals surface area contributed by atoms with Gasteiger partial charge in [0.05, 0.1) is 13.2 Å². The van der Waals surface area contributed by atoms with E-state index < -0.39 is 5.20 Å². The quantitative estimate of drug-likeness (QED) is 0.642. The summed E-state index contributed by atoms with van der Waals surface area (Å²) in [6.07, 6.45) is 0. The van der Waals surface area contributed by atoms with Crippen LogP contribution in [0.25, 0.3) is 0 Å². The van der Waals surface area contributed by atoms with Crippen LogP contribution in [0.4, 0.5) is 0 Å². The number of halogens is 3. The molecule has 1 saturated heterocycles. The molecule has 1 heterocycles. The van der Waals surface area contributed by atoms with Crippen molar-refractivity contribution in [2.45, 2.75) is 6.92 Å². The minimum atomic E-state index is -3.22. The van der Waals surface area contributed by atoms with E-state index in [9.17, 15) is 9.36 Å². The van der Waals surface area contributed by atoms with Crippen LogP contribution in [0.15, 0.2) is 0 Å². The van der Waals surface area contributed by atoms with Gasteiger partial charge in [-0.25, -0.2) is 0 Å². The number of rotatable bonds is 0. The number of morpholine rings is 1. The standard InChI is InChI=1S/C6H11NO2.Cl3OP/c1-6(8)7-2-4-9-5-3-7;1-5(2,3)4/h2-5H2,1H3;. The second-order valence-electron chi connectivity index (χ2n) is 2.52. The fourth-order valence-corrected chi connectivity index (χ4v) is 0.878. The molecular weight excluding hydrogens is 271 g/mol. The highest BCUT2D eigenvalue weighted by Crippen LogP contribution is 2.61. The van der Waals surface area contributed by atoms with Crippen molar-refractivity contribution in [2.24, 2.45) is 0 Å². The third kappa shape index (κ3) is 10.6. The second kappa shape index (κ2) is 6.91. The molecule has 1 aliphatic heterocycles.